The molecule has 2 rings (SSSR count). The molecule has 0 radical (unpaired) electrons. The number of rotatable bonds is 4. The van der Waals surface area contributed by atoms with Crippen LogP contribution in [-0.4, -0.2) is 11.6 Å². The van der Waals surface area contributed by atoms with Gasteiger partial charge in [0.25, 0.3) is 0 Å². The third-order valence-corrected chi connectivity index (χ3v) is 2.87. The van der Waals surface area contributed by atoms with Crippen molar-refractivity contribution in [3.63, 3.8) is 0 Å². The summed E-state index contributed by atoms with van der Waals surface area (Å²) < 4.78 is 5.47. The summed E-state index contributed by atoms with van der Waals surface area (Å²) in [5.41, 5.74) is 6.17. The van der Waals surface area contributed by atoms with Gasteiger partial charge in [0.1, 0.15) is 0 Å². The second kappa shape index (κ2) is 4.79. The van der Waals surface area contributed by atoms with E-state index in [0.29, 0.717) is 18.2 Å². The van der Waals surface area contributed by atoms with Gasteiger partial charge in [-0.3, -0.25) is 0 Å². The van der Waals surface area contributed by atoms with Gasteiger partial charge in [0.15, 0.2) is 0 Å². The molecule has 0 spiro atoms. The number of pyridine rings is 1. The normalized spacial score (nSPS) is 10.1. The lowest BCUT2D eigenvalue weighted by molar-refractivity contribution is 0.310. The zero-order valence-corrected chi connectivity index (χ0v) is 9.04. The Labute approximate surface area is 92.5 Å². The van der Waals surface area contributed by atoms with Crippen LogP contribution in [0.15, 0.2) is 35.8 Å². The lowest BCUT2D eigenvalue weighted by atomic mass is 10.4. The highest BCUT2D eigenvalue weighted by Crippen LogP contribution is 2.11. The second-order valence-corrected chi connectivity index (χ2v) is 4.14. The van der Waals surface area contributed by atoms with Gasteiger partial charge in [-0.15, -0.1) is 11.3 Å². The summed E-state index contributed by atoms with van der Waals surface area (Å²) in [4.78, 5) is 5.38. The highest BCUT2D eigenvalue weighted by Gasteiger charge is 1.96. The molecule has 2 heterocycles. The van der Waals surface area contributed by atoms with E-state index in [1.165, 1.54) is 4.88 Å². The quantitative estimate of drug-likeness (QED) is 0.860. The Morgan fingerprint density at radius 2 is 2.27 bits per heavy atom. The van der Waals surface area contributed by atoms with Gasteiger partial charge >= 0.3 is 0 Å². The highest BCUT2D eigenvalue weighted by molar-refractivity contribution is 7.09. The number of aromatic nitrogens is 1. The Balaban J connectivity index is 1.81. The minimum absolute atomic E-state index is 0.626. The van der Waals surface area contributed by atoms with Gasteiger partial charge in [0.2, 0.25) is 5.88 Å². The summed E-state index contributed by atoms with van der Waals surface area (Å²) in [5, 5.41) is 2.07. The van der Waals surface area contributed by atoms with E-state index in [4.69, 9.17) is 10.5 Å². The Morgan fingerprint density at radius 1 is 1.33 bits per heavy atom. The first-order valence-electron chi connectivity index (χ1n) is 4.71. The number of hydrogen-bond donors (Lipinski definition) is 1. The smallest absolute Gasteiger partial charge is 0.213 e. The summed E-state index contributed by atoms with van der Waals surface area (Å²) in [6.45, 7) is 0.650. The second-order valence-electron chi connectivity index (χ2n) is 3.11. The van der Waals surface area contributed by atoms with E-state index < -0.39 is 0 Å². The Hall–Kier alpha value is -1.55. The van der Waals surface area contributed by atoms with E-state index in [1.54, 1.807) is 29.7 Å². The maximum atomic E-state index is 5.52. The van der Waals surface area contributed by atoms with Gasteiger partial charge in [-0.25, -0.2) is 4.98 Å². The number of nitrogens with zero attached hydrogens (tertiary/aromatic N) is 1. The standard InChI is InChI=1S/C11H12N2OS/c12-9-3-4-11(13-8-9)14-6-5-10-2-1-7-15-10/h1-4,7-8H,5-6,12H2. The van der Waals surface area contributed by atoms with Gasteiger partial charge in [0.05, 0.1) is 18.5 Å². The van der Waals surface area contributed by atoms with Crippen LogP contribution in [0.4, 0.5) is 5.69 Å². The molecule has 2 aromatic heterocycles. The molecule has 15 heavy (non-hydrogen) atoms. The molecule has 0 amide bonds. The van der Waals surface area contributed by atoms with Crippen molar-refractivity contribution in [1.82, 2.24) is 4.98 Å². The van der Waals surface area contributed by atoms with E-state index in [2.05, 4.69) is 16.4 Å². The third kappa shape index (κ3) is 2.95. The van der Waals surface area contributed by atoms with Crippen LogP contribution in [0.3, 0.4) is 0 Å². The van der Waals surface area contributed by atoms with E-state index in [0.717, 1.165) is 6.42 Å². The van der Waals surface area contributed by atoms with Gasteiger partial charge in [0, 0.05) is 17.4 Å². The summed E-state index contributed by atoms with van der Waals surface area (Å²) in [7, 11) is 0. The molecule has 4 heteroatoms. The number of ether oxygens (including phenoxy) is 1. The minimum Gasteiger partial charge on any atom is -0.477 e. The molecule has 0 fully saturated rings. The first-order chi connectivity index (χ1) is 7.34. The van der Waals surface area contributed by atoms with Crippen molar-refractivity contribution in [3.8, 4) is 5.88 Å². The topological polar surface area (TPSA) is 48.1 Å². The molecule has 2 aromatic rings. The number of anilines is 1. The van der Waals surface area contributed by atoms with Crippen LogP contribution in [0, 0.1) is 0 Å². The van der Waals surface area contributed by atoms with Crippen molar-refractivity contribution in [3.05, 3.63) is 40.7 Å². The van der Waals surface area contributed by atoms with Gasteiger partial charge in [-0.2, -0.15) is 0 Å². The summed E-state index contributed by atoms with van der Waals surface area (Å²) in [6.07, 6.45) is 2.52. The van der Waals surface area contributed by atoms with Crippen molar-refractivity contribution >= 4 is 17.0 Å². The Kier molecular flexibility index (Phi) is 3.19. The molecule has 0 saturated heterocycles. The van der Waals surface area contributed by atoms with E-state index in [9.17, 15) is 0 Å². The zero-order valence-electron chi connectivity index (χ0n) is 8.22. The van der Waals surface area contributed by atoms with Crippen molar-refractivity contribution in [2.24, 2.45) is 0 Å². The molecule has 0 aliphatic rings. The van der Waals surface area contributed by atoms with Crippen LogP contribution >= 0.6 is 11.3 Å². The first kappa shape index (κ1) is 9.98. The summed E-state index contributed by atoms with van der Waals surface area (Å²) in [5.74, 6) is 0.626. The predicted octanol–water partition coefficient (Wildman–Crippen LogP) is 2.35. The van der Waals surface area contributed by atoms with E-state index in [-0.39, 0.29) is 0 Å². The zero-order chi connectivity index (χ0) is 10.5. The number of hydrogen-bond acceptors (Lipinski definition) is 4. The maximum Gasteiger partial charge on any atom is 0.213 e. The van der Waals surface area contributed by atoms with Crippen LogP contribution < -0.4 is 10.5 Å². The molecule has 2 N–H and O–H groups in total. The predicted molar refractivity (Wildman–Crippen MR) is 62.2 cm³/mol. The van der Waals surface area contributed by atoms with Gasteiger partial charge in [-0.1, -0.05) is 6.07 Å². The SMILES string of the molecule is Nc1ccc(OCCc2cccs2)nc1. The first-order valence-corrected chi connectivity index (χ1v) is 5.59. The van der Waals surface area contributed by atoms with Crippen molar-refractivity contribution in [2.45, 2.75) is 6.42 Å². The molecule has 0 unspecified atom stereocenters. The lowest BCUT2D eigenvalue weighted by Gasteiger charge is -2.03. The summed E-state index contributed by atoms with van der Waals surface area (Å²) >= 11 is 1.74. The van der Waals surface area contributed by atoms with Crippen molar-refractivity contribution in [1.29, 1.82) is 0 Å². The fraction of sp³-hybridized carbons (Fsp3) is 0.182. The third-order valence-electron chi connectivity index (χ3n) is 1.94. The fourth-order valence-corrected chi connectivity index (χ4v) is 1.88. The highest BCUT2D eigenvalue weighted by atomic mass is 32.1. The van der Waals surface area contributed by atoms with Gasteiger partial charge < -0.3 is 10.5 Å². The summed E-state index contributed by atoms with van der Waals surface area (Å²) in [6, 6.07) is 7.71. The molecule has 0 aliphatic carbocycles. The number of nitrogens with two attached hydrogens (primary N) is 1. The number of thiophene rings is 1. The maximum absolute atomic E-state index is 5.52. The molecule has 0 atom stereocenters. The number of nitrogen functional groups attached to an aromatic ring is 1. The fourth-order valence-electron chi connectivity index (χ4n) is 1.19. The molecule has 0 bridgehead atoms. The van der Waals surface area contributed by atoms with E-state index >= 15 is 0 Å². The molecule has 0 aliphatic heterocycles. The monoisotopic (exact) mass is 220 g/mol. The lowest BCUT2D eigenvalue weighted by Crippen LogP contribution is -2.01. The molecule has 0 saturated carbocycles. The van der Waals surface area contributed by atoms with Crippen molar-refractivity contribution < 1.29 is 4.74 Å². The Morgan fingerprint density at radius 3 is 2.93 bits per heavy atom. The molecular formula is C11H12N2OS. The van der Waals surface area contributed by atoms with E-state index in [1.807, 2.05) is 6.07 Å². The van der Waals surface area contributed by atoms with Gasteiger partial charge in [-0.05, 0) is 17.5 Å². The Bertz CT molecular complexity index is 397. The van der Waals surface area contributed by atoms with Crippen LogP contribution in [0.2, 0.25) is 0 Å². The largest absolute Gasteiger partial charge is 0.477 e. The molecular weight excluding hydrogens is 208 g/mol. The molecule has 0 aromatic carbocycles. The minimum atomic E-state index is 0.626. The van der Waals surface area contributed by atoms with Crippen molar-refractivity contribution in [2.75, 3.05) is 12.3 Å². The van der Waals surface area contributed by atoms with Crippen LogP contribution in [0.25, 0.3) is 0 Å². The van der Waals surface area contributed by atoms with Crippen LogP contribution in [-0.2, 0) is 6.42 Å². The average molecular weight is 220 g/mol. The molecule has 78 valence electrons. The average Bonchev–Trinajstić information content (AvgIpc) is 2.74. The van der Waals surface area contributed by atoms with Crippen LogP contribution in [0.5, 0.6) is 5.88 Å². The van der Waals surface area contributed by atoms with Crippen LogP contribution in [0.1, 0.15) is 4.88 Å². The molecule has 3 nitrogen and oxygen atoms in total.